The van der Waals surface area contributed by atoms with Gasteiger partial charge in [-0.3, -0.25) is 4.79 Å². The van der Waals surface area contributed by atoms with Gasteiger partial charge in [-0.2, -0.15) is 11.8 Å². The van der Waals surface area contributed by atoms with E-state index in [4.69, 9.17) is 0 Å². The van der Waals surface area contributed by atoms with Gasteiger partial charge in [-0.25, -0.2) is 0 Å². The Balaban J connectivity index is 1.93. The highest BCUT2D eigenvalue weighted by Crippen LogP contribution is 2.28. The van der Waals surface area contributed by atoms with Crippen LogP contribution in [-0.2, 0) is 0 Å². The number of rotatable bonds is 4. The van der Waals surface area contributed by atoms with Gasteiger partial charge in [0.25, 0.3) is 5.91 Å². The molecule has 1 heterocycles. The molecule has 0 radical (unpaired) electrons. The Morgan fingerprint density at radius 1 is 1.32 bits per heavy atom. The fourth-order valence-corrected chi connectivity index (χ4v) is 3.37. The van der Waals surface area contributed by atoms with E-state index in [1.807, 2.05) is 49.9 Å². The van der Waals surface area contributed by atoms with Gasteiger partial charge >= 0.3 is 0 Å². The van der Waals surface area contributed by atoms with E-state index in [1.165, 1.54) is 6.42 Å². The summed E-state index contributed by atoms with van der Waals surface area (Å²) in [6.45, 7) is 6.20. The molecule has 0 saturated carbocycles. The van der Waals surface area contributed by atoms with E-state index in [-0.39, 0.29) is 11.9 Å². The molecule has 2 atom stereocenters. The van der Waals surface area contributed by atoms with Gasteiger partial charge in [-0.1, -0.05) is 6.92 Å². The standard InChI is InChI=1S/C15H22N2OS/c1-10(2)16-15(18)12-4-6-13(7-5-12)17-14-8-11(3)19-9-14/h4-7,10-11,14,17H,8-9H2,1-3H3,(H,16,18). The highest BCUT2D eigenvalue weighted by molar-refractivity contribution is 8.00. The maximum atomic E-state index is 11.8. The Bertz CT molecular complexity index is 430. The highest BCUT2D eigenvalue weighted by atomic mass is 32.2. The van der Waals surface area contributed by atoms with Gasteiger partial charge < -0.3 is 10.6 Å². The first-order chi connectivity index (χ1) is 9.04. The lowest BCUT2D eigenvalue weighted by Gasteiger charge is -2.14. The maximum absolute atomic E-state index is 11.8. The summed E-state index contributed by atoms with van der Waals surface area (Å²) in [6, 6.07) is 8.46. The van der Waals surface area contributed by atoms with Gasteiger partial charge in [-0.15, -0.1) is 0 Å². The van der Waals surface area contributed by atoms with Crippen LogP contribution in [0, 0.1) is 0 Å². The second-order valence-electron chi connectivity index (χ2n) is 5.43. The quantitative estimate of drug-likeness (QED) is 0.889. The molecule has 19 heavy (non-hydrogen) atoms. The second kappa shape index (κ2) is 6.33. The lowest BCUT2D eigenvalue weighted by molar-refractivity contribution is 0.0943. The van der Waals surface area contributed by atoms with Gasteiger partial charge in [0.1, 0.15) is 0 Å². The summed E-state index contributed by atoms with van der Waals surface area (Å²) in [5, 5.41) is 7.16. The number of nitrogens with one attached hydrogen (secondary N) is 2. The molecular formula is C15H22N2OS. The molecule has 1 aliphatic rings. The molecule has 1 amide bonds. The Morgan fingerprint density at radius 3 is 2.53 bits per heavy atom. The monoisotopic (exact) mass is 278 g/mol. The SMILES string of the molecule is CC(C)NC(=O)c1ccc(NC2CSC(C)C2)cc1. The average molecular weight is 278 g/mol. The summed E-state index contributed by atoms with van der Waals surface area (Å²) < 4.78 is 0. The molecule has 4 heteroatoms. The normalized spacial score (nSPS) is 22.5. The predicted molar refractivity (Wildman–Crippen MR) is 83.0 cm³/mol. The van der Waals surface area contributed by atoms with E-state index in [0.29, 0.717) is 11.6 Å². The Kier molecular flexibility index (Phi) is 4.75. The zero-order valence-corrected chi connectivity index (χ0v) is 12.6. The number of hydrogen-bond donors (Lipinski definition) is 2. The summed E-state index contributed by atoms with van der Waals surface area (Å²) in [6.07, 6.45) is 1.21. The van der Waals surface area contributed by atoms with Gasteiger partial charge in [0.15, 0.2) is 0 Å². The van der Waals surface area contributed by atoms with Crippen molar-refractivity contribution in [3.8, 4) is 0 Å². The molecule has 1 aromatic carbocycles. The number of anilines is 1. The summed E-state index contributed by atoms with van der Waals surface area (Å²) in [5.41, 5.74) is 1.81. The van der Waals surface area contributed by atoms with Crippen molar-refractivity contribution in [2.45, 2.75) is 44.5 Å². The fourth-order valence-electron chi connectivity index (χ4n) is 2.22. The number of benzene rings is 1. The van der Waals surface area contributed by atoms with Crippen molar-refractivity contribution in [2.75, 3.05) is 11.1 Å². The van der Waals surface area contributed by atoms with Crippen LogP contribution in [0.15, 0.2) is 24.3 Å². The first kappa shape index (κ1) is 14.3. The van der Waals surface area contributed by atoms with Gasteiger partial charge in [0, 0.05) is 34.3 Å². The largest absolute Gasteiger partial charge is 0.381 e. The molecule has 1 saturated heterocycles. The maximum Gasteiger partial charge on any atom is 0.251 e. The third-order valence-corrected chi connectivity index (χ3v) is 4.49. The van der Waals surface area contributed by atoms with Crippen LogP contribution < -0.4 is 10.6 Å². The Hall–Kier alpha value is -1.16. The minimum atomic E-state index is -0.00778. The number of carbonyl (C=O) groups excluding carboxylic acids is 1. The topological polar surface area (TPSA) is 41.1 Å². The number of carbonyl (C=O) groups is 1. The fraction of sp³-hybridized carbons (Fsp3) is 0.533. The van der Waals surface area contributed by atoms with E-state index >= 15 is 0 Å². The Morgan fingerprint density at radius 2 is 2.00 bits per heavy atom. The smallest absolute Gasteiger partial charge is 0.251 e. The first-order valence-corrected chi connectivity index (χ1v) is 7.88. The van der Waals surface area contributed by atoms with Crippen molar-refractivity contribution in [2.24, 2.45) is 0 Å². The van der Waals surface area contributed by atoms with Crippen molar-refractivity contribution >= 4 is 23.4 Å². The van der Waals surface area contributed by atoms with Crippen LogP contribution in [0.5, 0.6) is 0 Å². The molecule has 0 aliphatic carbocycles. The molecule has 0 spiro atoms. The molecule has 0 bridgehead atoms. The number of thioether (sulfide) groups is 1. The van der Waals surface area contributed by atoms with Crippen molar-refractivity contribution in [3.05, 3.63) is 29.8 Å². The lowest BCUT2D eigenvalue weighted by Crippen LogP contribution is -2.30. The molecule has 2 unspecified atom stereocenters. The molecule has 1 aromatic rings. The van der Waals surface area contributed by atoms with Crippen LogP contribution in [0.4, 0.5) is 5.69 Å². The molecule has 104 valence electrons. The zero-order chi connectivity index (χ0) is 13.8. The van der Waals surface area contributed by atoms with Crippen molar-refractivity contribution in [3.63, 3.8) is 0 Å². The van der Waals surface area contributed by atoms with Crippen molar-refractivity contribution in [1.29, 1.82) is 0 Å². The number of amides is 1. The molecular weight excluding hydrogens is 256 g/mol. The van der Waals surface area contributed by atoms with Crippen LogP contribution in [0.2, 0.25) is 0 Å². The van der Waals surface area contributed by atoms with Gasteiger partial charge in [0.05, 0.1) is 0 Å². The Labute approximate surface area is 119 Å². The summed E-state index contributed by atoms with van der Waals surface area (Å²) in [5.74, 6) is 1.16. The molecule has 2 rings (SSSR count). The van der Waals surface area contributed by atoms with Crippen LogP contribution in [0.3, 0.4) is 0 Å². The summed E-state index contributed by atoms with van der Waals surface area (Å²) in [4.78, 5) is 11.8. The van der Waals surface area contributed by atoms with Crippen molar-refractivity contribution in [1.82, 2.24) is 5.32 Å². The van der Waals surface area contributed by atoms with E-state index in [2.05, 4.69) is 17.6 Å². The van der Waals surface area contributed by atoms with E-state index < -0.39 is 0 Å². The first-order valence-electron chi connectivity index (χ1n) is 6.83. The van der Waals surface area contributed by atoms with Crippen molar-refractivity contribution < 1.29 is 4.79 Å². The highest BCUT2D eigenvalue weighted by Gasteiger charge is 2.21. The van der Waals surface area contributed by atoms with Gasteiger partial charge in [0.2, 0.25) is 0 Å². The number of hydrogen-bond acceptors (Lipinski definition) is 3. The van der Waals surface area contributed by atoms with Crippen LogP contribution in [0.1, 0.15) is 37.6 Å². The van der Waals surface area contributed by atoms with Gasteiger partial charge in [-0.05, 0) is 44.5 Å². The minimum absolute atomic E-state index is 0.00778. The second-order valence-corrected chi connectivity index (χ2v) is 6.90. The predicted octanol–water partition coefficient (Wildman–Crippen LogP) is 3.13. The van der Waals surface area contributed by atoms with Crippen LogP contribution in [-0.4, -0.2) is 29.0 Å². The summed E-state index contributed by atoms with van der Waals surface area (Å²) in [7, 11) is 0. The third kappa shape index (κ3) is 4.16. The zero-order valence-electron chi connectivity index (χ0n) is 11.8. The van der Waals surface area contributed by atoms with Crippen LogP contribution in [0.25, 0.3) is 0 Å². The molecule has 3 nitrogen and oxygen atoms in total. The van der Waals surface area contributed by atoms with E-state index in [1.54, 1.807) is 0 Å². The van der Waals surface area contributed by atoms with E-state index in [0.717, 1.165) is 16.7 Å². The lowest BCUT2D eigenvalue weighted by atomic mass is 10.1. The molecule has 2 N–H and O–H groups in total. The summed E-state index contributed by atoms with van der Waals surface area (Å²) >= 11 is 2.01. The molecule has 1 aliphatic heterocycles. The van der Waals surface area contributed by atoms with E-state index in [9.17, 15) is 4.79 Å². The molecule has 1 fully saturated rings. The molecule has 0 aromatic heterocycles. The average Bonchev–Trinajstić information content (AvgIpc) is 2.75. The minimum Gasteiger partial charge on any atom is -0.381 e. The third-order valence-electron chi connectivity index (χ3n) is 3.14. The van der Waals surface area contributed by atoms with Crippen LogP contribution >= 0.6 is 11.8 Å².